The first-order chi connectivity index (χ1) is 14.3. The SMILES string of the molecule is Cc1ccc(S(=O)(=O)/N=C(/c2ccccc2F)c2c(O)c3ccccc3n2C)cc1. The molecule has 0 unspecified atom stereocenters. The molecule has 0 saturated carbocycles. The van der Waals surface area contributed by atoms with Crippen molar-refractivity contribution in [1.29, 1.82) is 0 Å². The number of sulfonamides is 1. The summed E-state index contributed by atoms with van der Waals surface area (Å²) >= 11 is 0. The fraction of sp³-hybridized carbons (Fsp3) is 0.0870. The molecule has 1 heterocycles. The van der Waals surface area contributed by atoms with Gasteiger partial charge in [0.05, 0.1) is 10.4 Å². The molecule has 4 rings (SSSR count). The standard InChI is InChI=1S/C23H19FN2O3S/c1-15-11-13-16(14-12-15)30(28,29)25-21(17-7-3-5-9-19(17)24)22-23(27)18-8-4-6-10-20(18)26(22)2/h3-14,27H,1-2H3/b25-21-. The van der Waals surface area contributed by atoms with Crippen molar-refractivity contribution in [2.24, 2.45) is 11.4 Å². The van der Waals surface area contributed by atoms with E-state index in [0.29, 0.717) is 10.9 Å². The summed E-state index contributed by atoms with van der Waals surface area (Å²) in [5.74, 6) is -0.797. The molecule has 0 bridgehead atoms. The zero-order chi connectivity index (χ0) is 21.5. The predicted octanol–water partition coefficient (Wildman–Crippen LogP) is 4.56. The molecular formula is C23H19FN2O3S. The van der Waals surface area contributed by atoms with E-state index in [9.17, 15) is 17.9 Å². The Hall–Kier alpha value is -3.45. The fourth-order valence-electron chi connectivity index (χ4n) is 3.40. The van der Waals surface area contributed by atoms with E-state index in [1.165, 1.54) is 30.3 Å². The third kappa shape index (κ3) is 3.37. The number of halogens is 1. The highest BCUT2D eigenvalue weighted by molar-refractivity contribution is 7.90. The quantitative estimate of drug-likeness (QED) is 0.490. The molecule has 1 N–H and O–H groups in total. The second-order valence-corrected chi connectivity index (χ2v) is 8.59. The molecule has 0 radical (unpaired) electrons. The van der Waals surface area contributed by atoms with Crippen LogP contribution in [0.4, 0.5) is 4.39 Å². The number of hydrogen-bond donors (Lipinski definition) is 1. The van der Waals surface area contributed by atoms with Crippen LogP contribution in [0.3, 0.4) is 0 Å². The Bertz CT molecular complexity index is 1350. The lowest BCUT2D eigenvalue weighted by Gasteiger charge is -2.11. The molecule has 0 aliphatic carbocycles. The Kier molecular flexibility index (Phi) is 4.91. The van der Waals surface area contributed by atoms with E-state index >= 15 is 0 Å². The van der Waals surface area contributed by atoms with Gasteiger partial charge >= 0.3 is 0 Å². The van der Waals surface area contributed by atoms with Crippen molar-refractivity contribution in [3.8, 4) is 5.75 Å². The summed E-state index contributed by atoms with van der Waals surface area (Å²) in [5, 5.41) is 11.4. The Balaban J connectivity index is 2.04. The van der Waals surface area contributed by atoms with Crippen LogP contribution in [0.1, 0.15) is 16.8 Å². The minimum atomic E-state index is -4.16. The average molecular weight is 422 g/mol. The molecule has 7 heteroatoms. The highest BCUT2D eigenvalue weighted by atomic mass is 32.2. The number of hydrogen-bond acceptors (Lipinski definition) is 3. The molecule has 0 aliphatic rings. The van der Waals surface area contributed by atoms with Crippen LogP contribution < -0.4 is 0 Å². The summed E-state index contributed by atoms with van der Waals surface area (Å²) in [6.45, 7) is 1.85. The highest BCUT2D eigenvalue weighted by Crippen LogP contribution is 2.34. The second-order valence-electron chi connectivity index (χ2n) is 6.98. The molecule has 152 valence electrons. The molecule has 0 saturated heterocycles. The van der Waals surface area contributed by atoms with Crippen LogP contribution in [-0.2, 0) is 17.1 Å². The van der Waals surface area contributed by atoms with Gasteiger partial charge in [0.15, 0.2) is 5.75 Å². The lowest BCUT2D eigenvalue weighted by atomic mass is 10.1. The van der Waals surface area contributed by atoms with Gasteiger partial charge in [0.25, 0.3) is 10.0 Å². The molecule has 4 aromatic rings. The summed E-state index contributed by atoms with van der Waals surface area (Å²) in [6.07, 6.45) is 0. The van der Waals surface area contributed by atoms with E-state index < -0.39 is 15.8 Å². The molecule has 0 aliphatic heterocycles. The van der Waals surface area contributed by atoms with E-state index in [-0.39, 0.29) is 27.6 Å². The first-order valence-corrected chi connectivity index (χ1v) is 10.7. The number of para-hydroxylation sites is 1. The number of nitrogens with zero attached hydrogens (tertiary/aromatic N) is 2. The highest BCUT2D eigenvalue weighted by Gasteiger charge is 2.25. The van der Waals surface area contributed by atoms with Crippen LogP contribution in [-0.4, -0.2) is 23.8 Å². The van der Waals surface area contributed by atoms with Gasteiger partial charge < -0.3 is 9.67 Å². The van der Waals surface area contributed by atoms with Crippen LogP contribution in [0.25, 0.3) is 10.9 Å². The van der Waals surface area contributed by atoms with Crippen LogP contribution in [0, 0.1) is 12.7 Å². The minimum Gasteiger partial charge on any atom is -0.505 e. The number of benzene rings is 3. The normalized spacial score (nSPS) is 12.4. The summed E-state index contributed by atoms with van der Waals surface area (Å²) in [6, 6.07) is 19.1. The van der Waals surface area contributed by atoms with Crippen molar-refractivity contribution in [2.75, 3.05) is 0 Å². The molecule has 5 nitrogen and oxygen atoms in total. The van der Waals surface area contributed by atoms with Gasteiger partial charge in [0.1, 0.15) is 17.2 Å². The Morgan fingerprint density at radius 3 is 2.27 bits per heavy atom. The van der Waals surface area contributed by atoms with Gasteiger partial charge in [-0.2, -0.15) is 12.8 Å². The van der Waals surface area contributed by atoms with Gasteiger partial charge in [-0.05, 0) is 43.3 Å². The van der Waals surface area contributed by atoms with E-state index in [1.54, 1.807) is 54.1 Å². The van der Waals surface area contributed by atoms with Crippen molar-refractivity contribution < 1.29 is 17.9 Å². The fourth-order valence-corrected chi connectivity index (χ4v) is 4.41. The van der Waals surface area contributed by atoms with Crippen molar-refractivity contribution in [3.63, 3.8) is 0 Å². The molecule has 30 heavy (non-hydrogen) atoms. The van der Waals surface area contributed by atoms with Gasteiger partial charge in [0.2, 0.25) is 0 Å². The predicted molar refractivity (Wildman–Crippen MR) is 115 cm³/mol. The average Bonchev–Trinajstić information content (AvgIpc) is 2.98. The maximum atomic E-state index is 14.7. The maximum absolute atomic E-state index is 14.7. The molecule has 0 amide bonds. The van der Waals surface area contributed by atoms with E-state index in [2.05, 4.69) is 4.40 Å². The summed E-state index contributed by atoms with van der Waals surface area (Å²) in [5.41, 5.74) is 1.51. The van der Waals surface area contributed by atoms with Gasteiger partial charge in [-0.1, -0.05) is 42.0 Å². The maximum Gasteiger partial charge on any atom is 0.282 e. The Labute approximate surface area is 173 Å². The van der Waals surface area contributed by atoms with Crippen LogP contribution in [0.15, 0.2) is 82.1 Å². The first kappa shape index (κ1) is 19.8. The van der Waals surface area contributed by atoms with E-state index in [4.69, 9.17) is 0 Å². The van der Waals surface area contributed by atoms with Crippen LogP contribution >= 0.6 is 0 Å². The van der Waals surface area contributed by atoms with Gasteiger partial charge in [0, 0.05) is 18.0 Å². The van der Waals surface area contributed by atoms with E-state index in [0.717, 1.165) is 5.56 Å². The number of fused-ring (bicyclic) bond motifs is 1. The van der Waals surface area contributed by atoms with Gasteiger partial charge in [-0.3, -0.25) is 0 Å². The first-order valence-electron chi connectivity index (χ1n) is 9.23. The molecular weight excluding hydrogens is 403 g/mol. The molecule has 0 atom stereocenters. The number of rotatable bonds is 4. The van der Waals surface area contributed by atoms with Crippen molar-refractivity contribution in [1.82, 2.24) is 4.57 Å². The molecule has 3 aromatic carbocycles. The molecule has 0 spiro atoms. The third-order valence-electron chi connectivity index (χ3n) is 4.96. The van der Waals surface area contributed by atoms with Crippen LogP contribution in [0.5, 0.6) is 5.75 Å². The summed E-state index contributed by atoms with van der Waals surface area (Å²) < 4.78 is 46.4. The smallest absolute Gasteiger partial charge is 0.282 e. The summed E-state index contributed by atoms with van der Waals surface area (Å²) in [7, 11) is -2.49. The lowest BCUT2D eigenvalue weighted by Crippen LogP contribution is -2.14. The number of aryl methyl sites for hydroxylation is 2. The van der Waals surface area contributed by atoms with Gasteiger partial charge in [-0.25, -0.2) is 4.39 Å². The zero-order valence-corrected chi connectivity index (χ0v) is 17.2. The van der Waals surface area contributed by atoms with Crippen LogP contribution in [0.2, 0.25) is 0 Å². The molecule has 0 fully saturated rings. The topological polar surface area (TPSA) is 71.7 Å². The monoisotopic (exact) mass is 422 g/mol. The lowest BCUT2D eigenvalue weighted by molar-refractivity contribution is 0.478. The van der Waals surface area contributed by atoms with Gasteiger partial charge in [-0.15, -0.1) is 0 Å². The minimum absolute atomic E-state index is 0.0137. The van der Waals surface area contributed by atoms with Crippen molar-refractivity contribution >= 4 is 26.6 Å². The Morgan fingerprint density at radius 2 is 1.60 bits per heavy atom. The van der Waals surface area contributed by atoms with E-state index in [1.807, 2.05) is 6.92 Å². The summed E-state index contributed by atoms with van der Waals surface area (Å²) in [4.78, 5) is -0.0137. The Morgan fingerprint density at radius 1 is 0.967 bits per heavy atom. The van der Waals surface area contributed by atoms with Crippen molar-refractivity contribution in [3.05, 3.63) is 95.4 Å². The largest absolute Gasteiger partial charge is 0.505 e. The number of aromatic nitrogens is 1. The third-order valence-corrected chi connectivity index (χ3v) is 6.25. The second kappa shape index (κ2) is 7.42. The number of aromatic hydroxyl groups is 1. The zero-order valence-electron chi connectivity index (χ0n) is 16.4. The molecule has 1 aromatic heterocycles. The van der Waals surface area contributed by atoms with Crippen molar-refractivity contribution in [2.45, 2.75) is 11.8 Å².